The van der Waals surface area contributed by atoms with Gasteiger partial charge in [0, 0.05) is 0 Å². The van der Waals surface area contributed by atoms with Crippen molar-refractivity contribution in [1.29, 1.82) is 0 Å². The summed E-state index contributed by atoms with van der Waals surface area (Å²) in [5.41, 5.74) is 2.68. The number of rotatable bonds is 2. The average molecular weight is 147 g/mol. The van der Waals surface area contributed by atoms with Gasteiger partial charge in [0.2, 0.25) is 0 Å². The number of benzene rings is 1. The summed E-state index contributed by atoms with van der Waals surface area (Å²) in [6.07, 6.45) is 1.11. The molecule has 0 fully saturated rings. The molecule has 0 aliphatic carbocycles. The third kappa shape index (κ3) is 2.07. The van der Waals surface area contributed by atoms with Crippen molar-refractivity contribution in [2.24, 2.45) is 0 Å². The molecule has 11 heavy (non-hydrogen) atoms. The molecule has 1 unspecified atom stereocenters. The Hall–Kier alpha value is -0.780. The van der Waals surface area contributed by atoms with Gasteiger partial charge in [-0.2, -0.15) is 0 Å². The lowest BCUT2D eigenvalue weighted by atomic mass is 9.97. The number of hydrogen-bond acceptors (Lipinski definition) is 0. The molecule has 1 aromatic rings. The molecule has 1 radical (unpaired) electrons. The van der Waals surface area contributed by atoms with Crippen LogP contribution in [0.1, 0.15) is 30.4 Å². The van der Waals surface area contributed by atoms with Gasteiger partial charge >= 0.3 is 0 Å². The van der Waals surface area contributed by atoms with Crippen molar-refractivity contribution in [3.05, 3.63) is 42.3 Å². The number of hydrogen-bond donors (Lipinski definition) is 0. The van der Waals surface area contributed by atoms with Crippen LogP contribution >= 0.6 is 0 Å². The van der Waals surface area contributed by atoms with Crippen molar-refractivity contribution in [3.8, 4) is 0 Å². The van der Waals surface area contributed by atoms with Gasteiger partial charge < -0.3 is 0 Å². The Morgan fingerprint density at radius 3 is 2.73 bits per heavy atom. The van der Waals surface area contributed by atoms with E-state index >= 15 is 0 Å². The molecule has 1 aromatic carbocycles. The molecular weight excluding hydrogens is 132 g/mol. The second-order valence-corrected chi connectivity index (χ2v) is 3.02. The second kappa shape index (κ2) is 3.56. The summed E-state index contributed by atoms with van der Waals surface area (Å²) in [6, 6.07) is 8.57. The van der Waals surface area contributed by atoms with Crippen molar-refractivity contribution in [1.82, 2.24) is 0 Å². The summed E-state index contributed by atoms with van der Waals surface area (Å²) < 4.78 is 0. The Morgan fingerprint density at radius 1 is 1.45 bits per heavy atom. The first-order valence-electron chi connectivity index (χ1n) is 4.13. The Bertz CT molecular complexity index is 225. The highest BCUT2D eigenvalue weighted by molar-refractivity contribution is 5.25. The largest absolute Gasteiger partial charge is 0.0648 e. The summed E-state index contributed by atoms with van der Waals surface area (Å²) in [5.74, 6) is 0.454. The lowest BCUT2D eigenvalue weighted by Crippen LogP contribution is -1.91. The molecule has 59 valence electrons. The van der Waals surface area contributed by atoms with E-state index in [1.807, 2.05) is 0 Å². The molecule has 0 aliphatic rings. The van der Waals surface area contributed by atoms with E-state index in [4.69, 9.17) is 0 Å². The predicted octanol–water partition coefficient (Wildman–Crippen LogP) is 3.32. The van der Waals surface area contributed by atoms with E-state index in [1.54, 1.807) is 0 Å². The maximum Gasteiger partial charge on any atom is -0.0164 e. The predicted molar refractivity (Wildman–Crippen MR) is 49.6 cm³/mol. The van der Waals surface area contributed by atoms with E-state index in [1.165, 1.54) is 11.1 Å². The second-order valence-electron chi connectivity index (χ2n) is 3.02. The van der Waals surface area contributed by atoms with Gasteiger partial charge in [-0.15, -0.1) is 0 Å². The molecule has 0 spiro atoms. The van der Waals surface area contributed by atoms with Crippen LogP contribution in [0.25, 0.3) is 0 Å². The normalized spacial score (nSPS) is 13.0. The summed E-state index contributed by atoms with van der Waals surface area (Å²) in [6.45, 7) is 8.35. The first-order valence-corrected chi connectivity index (χ1v) is 4.13. The van der Waals surface area contributed by atoms with Crippen LogP contribution in [0.2, 0.25) is 0 Å². The first kappa shape index (κ1) is 8.32. The third-order valence-electron chi connectivity index (χ3n) is 2.01. The molecule has 0 aromatic heterocycles. The molecule has 1 rings (SSSR count). The minimum atomic E-state index is 0.454. The average Bonchev–Trinajstić information content (AvgIpc) is 2.03. The highest BCUT2D eigenvalue weighted by Crippen LogP contribution is 2.18. The van der Waals surface area contributed by atoms with Crippen LogP contribution in [-0.4, -0.2) is 0 Å². The Morgan fingerprint density at radius 2 is 2.18 bits per heavy atom. The molecular formula is C11H15. The fraction of sp³-hybridized carbons (Fsp3) is 0.364. The van der Waals surface area contributed by atoms with E-state index in [0.29, 0.717) is 5.92 Å². The third-order valence-corrected chi connectivity index (χ3v) is 2.01. The van der Waals surface area contributed by atoms with E-state index in [-0.39, 0.29) is 0 Å². The van der Waals surface area contributed by atoms with Gasteiger partial charge in [0.1, 0.15) is 0 Å². The molecule has 0 nitrogen and oxygen atoms in total. The van der Waals surface area contributed by atoms with Crippen LogP contribution in [0.15, 0.2) is 24.3 Å². The van der Waals surface area contributed by atoms with E-state index in [2.05, 4.69) is 45.0 Å². The minimum Gasteiger partial charge on any atom is -0.0648 e. The molecule has 0 aliphatic heterocycles. The van der Waals surface area contributed by atoms with Gasteiger partial charge in [0.05, 0.1) is 0 Å². The lowest BCUT2D eigenvalue weighted by molar-refractivity contribution is 0.801. The zero-order valence-electron chi connectivity index (χ0n) is 7.30. The van der Waals surface area contributed by atoms with Crippen molar-refractivity contribution in [2.45, 2.75) is 26.2 Å². The van der Waals surface area contributed by atoms with E-state index < -0.39 is 0 Å². The topological polar surface area (TPSA) is 0 Å². The van der Waals surface area contributed by atoms with E-state index in [9.17, 15) is 0 Å². The molecule has 0 bridgehead atoms. The van der Waals surface area contributed by atoms with Crippen LogP contribution in [0.4, 0.5) is 0 Å². The van der Waals surface area contributed by atoms with Gasteiger partial charge in [-0.3, -0.25) is 0 Å². The fourth-order valence-electron chi connectivity index (χ4n) is 1.16. The monoisotopic (exact) mass is 147 g/mol. The molecule has 0 amide bonds. The molecule has 0 heterocycles. The van der Waals surface area contributed by atoms with Crippen LogP contribution in [0, 0.1) is 13.8 Å². The fourth-order valence-corrected chi connectivity index (χ4v) is 1.16. The summed E-state index contributed by atoms with van der Waals surface area (Å²) in [7, 11) is 0. The van der Waals surface area contributed by atoms with Crippen molar-refractivity contribution in [2.75, 3.05) is 0 Å². The minimum absolute atomic E-state index is 0.454. The molecule has 0 heteroatoms. The zero-order valence-corrected chi connectivity index (χ0v) is 7.30. The lowest BCUT2D eigenvalue weighted by Gasteiger charge is -2.08. The van der Waals surface area contributed by atoms with Crippen LogP contribution in [-0.2, 0) is 0 Å². The quantitative estimate of drug-likeness (QED) is 0.602. The maximum atomic E-state index is 4.07. The smallest absolute Gasteiger partial charge is 0.0164 e. The Labute approximate surface area is 69.3 Å². The zero-order chi connectivity index (χ0) is 8.27. The van der Waals surface area contributed by atoms with E-state index in [0.717, 1.165) is 6.42 Å². The molecule has 0 saturated carbocycles. The molecule has 0 saturated heterocycles. The summed E-state index contributed by atoms with van der Waals surface area (Å²) in [4.78, 5) is 0. The van der Waals surface area contributed by atoms with Crippen LogP contribution in [0.3, 0.4) is 0 Å². The highest BCUT2D eigenvalue weighted by atomic mass is 14.1. The Kier molecular flexibility index (Phi) is 2.70. The van der Waals surface area contributed by atoms with Crippen LogP contribution in [0.5, 0.6) is 0 Å². The number of aryl methyl sites for hydroxylation is 1. The van der Waals surface area contributed by atoms with Gasteiger partial charge in [0.15, 0.2) is 0 Å². The molecule has 0 N–H and O–H groups in total. The maximum absolute atomic E-state index is 4.07. The van der Waals surface area contributed by atoms with Crippen LogP contribution < -0.4 is 0 Å². The standard InChI is InChI=1S/C11H15/c1-4-10(3)11-7-5-6-9(2)8-11/h5-8,10H,3-4H2,1-2H3. The van der Waals surface area contributed by atoms with Gasteiger partial charge in [-0.25, -0.2) is 0 Å². The van der Waals surface area contributed by atoms with Crippen molar-refractivity contribution >= 4 is 0 Å². The summed E-state index contributed by atoms with van der Waals surface area (Å²) >= 11 is 0. The van der Waals surface area contributed by atoms with Gasteiger partial charge in [-0.05, 0) is 31.7 Å². The van der Waals surface area contributed by atoms with Crippen molar-refractivity contribution in [3.63, 3.8) is 0 Å². The SMILES string of the molecule is [CH2]C(CC)c1cccc(C)c1. The van der Waals surface area contributed by atoms with Crippen molar-refractivity contribution < 1.29 is 0 Å². The van der Waals surface area contributed by atoms with Gasteiger partial charge in [0.25, 0.3) is 0 Å². The molecule has 1 atom stereocenters. The Balaban J connectivity index is 2.86. The first-order chi connectivity index (χ1) is 5.24. The summed E-state index contributed by atoms with van der Waals surface area (Å²) in [5, 5.41) is 0. The van der Waals surface area contributed by atoms with Gasteiger partial charge in [-0.1, -0.05) is 36.8 Å². The highest BCUT2D eigenvalue weighted by Gasteiger charge is 2.00.